The lowest BCUT2D eigenvalue weighted by Gasteiger charge is -2.08. The van der Waals surface area contributed by atoms with E-state index in [9.17, 15) is 9.18 Å². The molecule has 1 heterocycles. The fraction of sp³-hybridized carbons (Fsp3) is 0.143. The minimum Gasteiger partial charge on any atom is -0.334 e. The summed E-state index contributed by atoms with van der Waals surface area (Å²) in [4.78, 5) is 15.6. The molecule has 2 aromatic rings. The summed E-state index contributed by atoms with van der Waals surface area (Å²) in [6, 6.07) is 7.84. The van der Waals surface area contributed by atoms with Gasteiger partial charge in [0.1, 0.15) is 5.82 Å². The average molecular weight is 259 g/mol. The maximum atomic E-state index is 13.3. The van der Waals surface area contributed by atoms with Crippen molar-refractivity contribution in [3.8, 4) is 0 Å². The fourth-order valence-electron chi connectivity index (χ4n) is 1.53. The molecule has 0 aliphatic heterocycles. The molecule has 5 heteroatoms. The van der Waals surface area contributed by atoms with E-state index in [4.69, 9.17) is 0 Å². The summed E-state index contributed by atoms with van der Waals surface area (Å²) in [5.41, 5.74) is 1.86. The molecule has 2 N–H and O–H groups in total. The standard InChI is InChI=1S/C14H14FN3O/c1-10-4-5-12(7-13(10)15)18-14(19)17-9-11-3-2-6-16-8-11/h2-8H,9H2,1H3,(H2,17,18,19). The van der Waals surface area contributed by atoms with Gasteiger partial charge in [0.15, 0.2) is 0 Å². The van der Waals surface area contributed by atoms with Crippen molar-refractivity contribution in [1.82, 2.24) is 10.3 Å². The third kappa shape index (κ3) is 3.77. The van der Waals surface area contributed by atoms with Gasteiger partial charge in [-0.05, 0) is 36.2 Å². The number of rotatable bonds is 3. The number of anilines is 1. The monoisotopic (exact) mass is 259 g/mol. The second-order valence-corrected chi connectivity index (χ2v) is 4.13. The van der Waals surface area contributed by atoms with Crippen molar-refractivity contribution in [3.05, 3.63) is 59.7 Å². The van der Waals surface area contributed by atoms with Gasteiger partial charge in [0, 0.05) is 24.6 Å². The third-order valence-corrected chi connectivity index (χ3v) is 2.61. The Morgan fingerprint density at radius 3 is 2.89 bits per heavy atom. The predicted octanol–water partition coefficient (Wildman–Crippen LogP) is 2.85. The number of aryl methyl sites for hydroxylation is 1. The Balaban J connectivity index is 1.89. The van der Waals surface area contributed by atoms with Crippen LogP contribution in [0.25, 0.3) is 0 Å². The SMILES string of the molecule is Cc1ccc(NC(=O)NCc2cccnc2)cc1F. The molecule has 2 rings (SSSR count). The van der Waals surface area contributed by atoms with Crippen LogP contribution < -0.4 is 10.6 Å². The highest BCUT2D eigenvalue weighted by molar-refractivity contribution is 5.89. The number of benzene rings is 1. The number of aromatic nitrogens is 1. The molecule has 0 aliphatic carbocycles. The number of carbonyl (C=O) groups is 1. The van der Waals surface area contributed by atoms with E-state index < -0.39 is 0 Å². The summed E-state index contributed by atoms with van der Waals surface area (Å²) in [7, 11) is 0. The van der Waals surface area contributed by atoms with Crippen LogP contribution in [-0.2, 0) is 6.54 Å². The Bertz CT molecular complexity index is 572. The molecule has 0 unspecified atom stereocenters. The van der Waals surface area contributed by atoms with Crippen LogP contribution in [0, 0.1) is 12.7 Å². The molecule has 0 atom stereocenters. The maximum Gasteiger partial charge on any atom is 0.319 e. The first-order chi connectivity index (χ1) is 9.15. The van der Waals surface area contributed by atoms with Crippen LogP contribution in [0.1, 0.15) is 11.1 Å². The van der Waals surface area contributed by atoms with Crippen LogP contribution in [0.2, 0.25) is 0 Å². The van der Waals surface area contributed by atoms with Crippen LogP contribution in [0.4, 0.5) is 14.9 Å². The normalized spacial score (nSPS) is 10.0. The molecule has 0 saturated carbocycles. The lowest BCUT2D eigenvalue weighted by Crippen LogP contribution is -2.28. The number of nitrogens with one attached hydrogen (secondary N) is 2. The van der Waals surface area contributed by atoms with E-state index >= 15 is 0 Å². The molecule has 1 aromatic carbocycles. The molecule has 98 valence electrons. The Morgan fingerprint density at radius 2 is 2.21 bits per heavy atom. The van der Waals surface area contributed by atoms with Gasteiger partial charge in [0.25, 0.3) is 0 Å². The van der Waals surface area contributed by atoms with Crippen LogP contribution in [-0.4, -0.2) is 11.0 Å². The summed E-state index contributed by atoms with van der Waals surface area (Å²) in [5, 5.41) is 5.24. The van der Waals surface area contributed by atoms with Gasteiger partial charge in [-0.1, -0.05) is 12.1 Å². The van der Waals surface area contributed by atoms with E-state index in [0.29, 0.717) is 17.8 Å². The van der Waals surface area contributed by atoms with Crippen molar-refractivity contribution in [1.29, 1.82) is 0 Å². The highest BCUT2D eigenvalue weighted by Crippen LogP contribution is 2.13. The molecule has 0 bridgehead atoms. The van der Waals surface area contributed by atoms with Gasteiger partial charge in [0.2, 0.25) is 0 Å². The molecular weight excluding hydrogens is 245 g/mol. The average Bonchev–Trinajstić information content (AvgIpc) is 2.42. The number of hydrogen-bond acceptors (Lipinski definition) is 2. The quantitative estimate of drug-likeness (QED) is 0.890. The zero-order chi connectivity index (χ0) is 13.7. The van der Waals surface area contributed by atoms with Gasteiger partial charge in [-0.3, -0.25) is 4.98 Å². The first-order valence-corrected chi connectivity index (χ1v) is 5.85. The fourth-order valence-corrected chi connectivity index (χ4v) is 1.53. The Kier molecular flexibility index (Phi) is 4.07. The van der Waals surface area contributed by atoms with Crippen molar-refractivity contribution >= 4 is 11.7 Å². The number of amides is 2. The second kappa shape index (κ2) is 5.95. The van der Waals surface area contributed by atoms with Crippen LogP contribution in [0.15, 0.2) is 42.7 Å². The van der Waals surface area contributed by atoms with Crippen molar-refractivity contribution in [2.45, 2.75) is 13.5 Å². The number of halogens is 1. The number of hydrogen-bond donors (Lipinski definition) is 2. The van der Waals surface area contributed by atoms with Crippen LogP contribution in [0.3, 0.4) is 0 Å². The van der Waals surface area contributed by atoms with E-state index in [0.717, 1.165) is 5.56 Å². The Morgan fingerprint density at radius 1 is 1.37 bits per heavy atom. The molecular formula is C14H14FN3O. The zero-order valence-corrected chi connectivity index (χ0v) is 10.5. The summed E-state index contributed by atoms with van der Waals surface area (Å²) < 4.78 is 13.3. The minimum absolute atomic E-state index is 0.343. The highest BCUT2D eigenvalue weighted by atomic mass is 19.1. The molecule has 2 amide bonds. The van der Waals surface area contributed by atoms with Gasteiger partial charge in [-0.25, -0.2) is 9.18 Å². The predicted molar refractivity (Wildman–Crippen MR) is 71.2 cm³/mol. The van der Waals surface area contributed by atoms with Gasteiger partial charge < -0.3 is 10.6 Å². The number of pyridine rings is 1. The first-order valence-electron chi connectivity index (χ1n) is 5.85. The van der Waals surface area contributed by atoms with Crippen LogP contribution >= 0.6 is 0 Å². The maximum absolute atomic E-state index is 13.3. The van der Waals surface area contributed by atoms with Gasteiger partial charge in [-0.2, -0.15) is 0 Å². The first kappa shape index (κ1) is 13.0. The number of nitrogens with zero attached hydrogens (tertiary/aromatic N) is 1. The molecule has 1 aromatic heterocycles. The Hall–Kier alpha value is -2.43. The second-order valence-electron chi connectivity index (χ2n) is 4.13. The van der Waals surface area contributed by atoms with Crippen LogP contribution in [0.5, 0.6) is 0 Å². The van der Waals surface area contributed by atoms with E-state index in [2.05, 4.69) is 15.6 Å². The number of urea groups is 1. The molecule has 0 radical (unpaired) electrons. The van der Waals surface area contributed by atoms with Crippen molar-refractivity contribution < 1.29 is 9.18 Å². The molecule has 0 fully saturated rings. The zero-order valence-electron chi connectivity index (χ0n) is 10.5. The van der Waals surface area contributed by atoms with Crippen molar-refractivity contribution in [2.75, 3.05) is 5.32 Å². The molecule has 0 spiro atoms. The van der Waals surface area contributed by atoms with E-state index in [1.807, 2.05) is 6.07 Å². The van der Waals surface area contributed by atoms with Crippen molar-refractivity contribution in [2.24, 2.45) is 0 Å². The summed E-state index contributed by atoms with van der Waals surface area (Å²) in [6.07, 6.45) is 3.34. The minimum atomic E-state index is -0.382. The summed E-state index contributed by atoms with van der Waals surface area (Å²) >= 11 is 0. The van der Waals surface area contributed by atoms with E-state index in [1.165, 1.54) is 6.07 Å². The lowest BCUT2D eigenvalue weighted by atomic mass is 10.2. The van der Waals surface area contributed by atoms with E-state index in [1.54, 1.807) is 37.5 Å². The molecule has 0 aliphatic rings. The number of carbonyl (C=O) groups excluding carboxylic acids is 1. The molecule has 19 heavy (non-hydrogen) atoms. The highest BCUT2D eigenvalue weighted by Gasteiger charge is 2.04. The third-order valence-electron chi connectivity index (χ3n) is 2.61. The van der Waals surface area contributed by atoms with Gasteiger partial charge >= 0.3 is 6.03 Å². The van der Waals surface area contributed by atoms with Gasteiger partial charge in [0.05, 0.1) is 0 Å². The molecule has 0 saturated heterocycles. The topological polar surface area (TPSA) is 54.0 Å². The van der Waals surface area contributed by atoms with Crippen molar-refractivity contribution in [3.63, 3.8) is 0 Å². The largest absolute Gasteiger partial charge is 0.334 e. The summed E-state index contributed by atoms with van der Waals surface area (Å²) in [5.74, 6) is -0.343. The summed E-state index contributed by atoms with van der Waals surface area (Å²) in [6.45, 7) is 2.04. The van der Waals surface area contributed by atoms with Gasteiger partial charge in [-0.15, -0.1) is 0 Å². The Labute approximate surface area is 110 Å². The molecule has 4 nitrogen and oxygen atoms in total. The smallest absolute Gasteiger partial charge is 0.319 e. The lowest BCUT2D eigenvalue weighted by molar-refractivity contribution is 0.251. The van der Waals surface area contributed by atoms with E-state index in [-0.39, 0.29) is 11.8 Å².